The number of nitrogens with one attached hydrogen (secondary N) is 2. The molecule has 1 aromatic heterocycles. The third-order valence-electron chi connectivity index (χ3n) is 4.99. The average molecular weight is 393 g/mol. The minimum Gasteiger partial charge on any atom is -0.335 e. The standard InChI is InChI=1S/C17H20FN5O3S/c18-12-1-3-13(4-2-12)27(25,26)23-9-7-22(8-10-23)17(24)16-14-11-19-6-5-15(14)20-21-16/h1-4,19H,5-11H2,(H,20,21). The predicted octanol–water partition coefficient (Wildman–Crippen LogP) is 0.341. The number of piperazine rings is 1. The summed E-state index contributed by atoms with van der Waals surface area (Å²) in [5.41, 5.74) is 2.29. The van der Waals surface area contributed by atoms with E-state index in [-0.39, 0.29) is 37.0 Å². The summed E-state index contributed by atoms with van der Waals surface area (Å²) in [6.45, 7) is 2.41. The number of rotatable bonds is 3. The summed E-state index contributed by atoms with van der Waals surface area (Å²) in [6, 6.07) is 4.76. The van der Waals surface area contributed by atoms with Gasteiger partial charge in [-0.2, -0.15) is 9.40 Å². The fourth-order valence-electron chi connectivity index (χ4n) is 3.44. The third kappa shape index (κ3) is 3.35. The molecule has 27 heavy (non-hydrogen) atoms. The summed E-state index contributed by atoms with van der Waals surface area (Å²) in [7, 11) is -3.70. The predicted molar refractivity (Wildman–Crippen MR) is 95.1 cm³/mol. The van der Waals surface area contributed by atoms with Crippen molar-refractivity contribution in [3.8, 4) is 0 Å². The Morgan fingerprint density at radius 3 is 2.52 bits per heavy atom. The molecular weight excluding hydrogens is 373 g/mol. The van der Waals surface area contributed by atoms with Gasteiger partial charge in [0.05, 0.1) is 4.90 Å². The van der Waals surface area contributed by atoms with Gasteiger partial charge in [-0.05, 0) is 24.3 Å². The van der Waals surface area contributed by atoms with Gasteiger partial charge in [0.1, 0.15) is 5.82 Å². The summed E-state index contributed by atoms with van der Waals surface area (Å²) < 4.78 is 39.7. The molecule has 0 saturated carbocycles. The molecule has 1 fully saturated rings. The number of hydrogen-bond donors (Lipinski definition) is 2. The zero-order valence-corrected chi connectivity index (χ0v) is 15.4. The van der Waals surface area contributed by atoms with Crippen LogP contribution in [0.2, 0.25) is 0 Å². The van der Waals surface area contributed by atoms with Crippen LogP contribution in [0, 0.1) is 5.82 Å². The number of halogens is 1. The van der Waals surface area contributed by atoms with Crippen LogP contribution in [0.3, 0.4) is 0 Å². The van der Waals surface area contributed by atoms with E-state index in [1.807, 2.05) is 0 Å². The lowest BCUT2D eigenvalue weighted by atomic mass is 10.1. The van der Waals surface area contributed by atoms with Gasteiger partial charge < -0.3 is 10.2 Å². The highest BCUT2D eigenvalue weighted by Gasteiger charge is 2.32. The fourth-order valence-corrected chi connectivity index (χ4v) is 4.86. The molecule has 1 amide bonds. The Kier molecular flexibility index (Phi) is 4.70. The topological polar surface area (TPSA) is 98.4 Å². The molecule has 144 valence electrons. The maximum Gasteiger partial charge on any atom is 0.274 e. The first-order chi connectivity index (χ1) is 13.0. The Morgan fingerprint density at radius 1 is 1.11 bits per heavy atom. The van der Waals surface area contributed by atoms with Crippen LogP contribution >= 0.6 is 0 Å². The maximum atomic E-state index is 13.0. The molecule has 1 saturated heterocycles. The van der Waals surface area contributed by atoms with E-state index >= 15 is 0 Å². The Bertz CT molecular complexity index is 949. The maximum absolute atomic E-state index is 13.0. The molecule has 0 unspecified atom stereocenters. The largest absolute Gasteiger partial charge is 0.335 e. The highest BCUT2D eigenvalue weighted by atomic mass is 32.2. The molecule has 2 N–H and O–H groups in total. The number of H-pyrrole nitrogens is 1. The van der Waals surface area contributed by atoms with Crippen LogP contribution in [0.4, 0.5) is 4.39 Å². The minimum atomic E-state index is -3.70. The Labute approximate surface area is 156 Å². The van der Waals surface area contributed by atoms with Crippen LogP contribution in [0.15, 0.2) is 29.2 Å². The molecule has 3 heterocycles. The number of carbonyl (C=O) groups excluding carboxylic acids is 1. The lowest BCUT2D eigenvalue weighted by Gasteiger charge is -2.33. The molecule has 2 aliphatic rings. The van der Waals surface area contributed by atoms with Gasteiger partial charge in [0.25, 0.3) is 5.91 Å². The second kappa shape index (κ2) is 7.02. The van der Waals surface area contributed by atoms with Crippen molar-refractivity contribution < 1.29 is 17.6 Å². The Balaban J connectivity index is 1.45. The summed E-state index contributed by atoms with van der Waals surface area (Å²) >= 11 is 0. The molecule has 1 aromatic carbocycles. The Hall–Kier alpha value is -2.30. The van der Waals surface area contributed by atoms with E-state index in [9.17, 15) is 17.6 Å². The van der Waals surface area contributed by atoms with Crippen molar-refractivity contribution in [3.63, 3.8) is 0 Å². The quantitative estimate of drug-likeness (QED) is 0.784. The SMILES string of the molecule is O=C(c1n[nH]c2c1CNCC2)N1CCN(S(=O)(=O)c2ccc(F)cc2)CC1. The van der Waals surface area contributed by atoms with Crippen LogP contribution in [0.5, 0.6) is 0 Å². The highest BCUT2D eigenvalue weighted by molar-refractivity contribution is 7.89. The molecule has 8 nitrogen and oxygen atoms in total. The first-order valence-corrected chi connectivity index (χ1v) is 10.2. The molecule has 0 bridgehead atoms. The molecule has 0 aliphatic carbocycles. The second-order valence-electron chi connectivity index (χ2n) is 6.61. The van der Waals surface area contributed by atoms with Crippen LogP contribution in [-0.2, 0) is 23.0 Å². The number of aromatic nitrogens is 2. The van der Waals surface area contributed by atoms with Crippen LogP contribution < -0.4 is 5.32 Å². The zero-order chi connectivity index (χ0) is 19.0. The van der Waals surface area contributed by atoms with E-state index in [0.29, 0.717) is 12.2 Å². The van der Waals surface area contributed by atoms with Gasteiger partial charge in [0, 0.05) is 56.9 Å². The van der Waals surface area contributed by atoms with Crippen molar-refractivity contribution in [2.75, 3.05) is 32.7 Å². The molecule has 0 radical (unpaired) electrons. The van der Waals surface area contributed by atoms with Crippen LogP contribution in [0.1, 0.15) is 21.7 Å². The van der Waals surface area contributed by atoms with E-state index in [1.165, 1.54) is 16.4 Å². The van der Waals surface area contributed by atoms with Crippen molar-refractivity contribution in [3.05, 3.63) is 47.0 Å². The number of aromatic amines is 1. The number of carbonyl (C=O) groups is 1. The first kappa shape index (κ1) is 18.1. The second-order valence-corrected chi connectivity index (χ2v) is 8.54. The van der Waals surface area contributed by atoms with E-state index in [4.69, 9.17) is 0 Å². The van der Waals surface area contributed by atoms with Gasteiger partial charge in [-0.15, -0.1) is 0 Å². The Morgan fingerprint density at radius 2 is 1.81 bits per heavy atom. The van der Waals surface area contributed by atoms with Crippen molar-refractivity contribution in [2.24, 2.45) is 0 Å². The zero-order valence-electron chi connectivity index (χ0n) is 14.6. The van der Waals surface area contributed by atoms with Crippen molar-refractivity contribution in [1.29, 1.82) is 0 Å². The molecule has 0 spiro atoms. The van der Waals surface area contributed by atoms with E-state index in [1.54, 1.807) is 4.90 Å². The van der Waals surface area contributed by atoms with Gasteiger partial charge >= 0.3 is 0 Å². The summed E-state index contributed by atoms with van der Waals surface area (Å²) in [5.74, 6) is -0.670. The van der Waals surface area contributed by atoms with E-state index in [0.717, 1.165) is 36.4 Å². The molecule has 2 aliphatic heterocycles. The number of benzene rings is 1. The summed E-state index contributed by atoms with van der Waals surface area (Å²) in [4.78, 5) is 14.5. The monoisotopic (exact) mass is 393 g/mol. The molecule has 4 rings (SSSR count). The van der Waals surface area contributed by atoms with Gasteiger partial charge in [-0.25, -0.2) is 12.8 Å². The van der Waals surface area contributed by atoms with Crippen LogP contribution in [-0.4, -0.2) is 66.5 Å². The van der Waals surface area contributed by atoms with Crippen LogP contribution in [0.25, 0.3) is 0 Å². The lowest BCUT2D eigenvalue weighted by Crippen LogP contribution is -2.50. The molecular formula is C17H20FN5O3S. The summed E-state index contributed by atoms with van der Waals surface area (Å²) in [6.07, 6.45) is 0.805. The van der Waals surface area contributed by atoms with Gasteiger partial charge in [-0.3, -0.25) is 9.89 Å². The number of nitrogens with zero attached hydrogens (tertiary/aromatic N) is 3. The molecule has 2 aromatic rings. The molecule has 0 atom stereocenters. The minimum absolute atomic E-state index is 0.0520. The van der Waals surface area contributed by atoms with Crippen molar-refractivity contribution in [2.45, 2.75) is 17.9 Å². The number of sulfonamides is 1. The third-order valence-corrected chi connectivity index (χ3v) is 6.90. The highest BCUT2D eigenvalue weighted by Crippen LogP contribution is 2.21. The average Bonchev–Trinajstić information content (AvgIpc) is 3.12. The first-order valence-electron chi connectivity index (χ1n) is 8.78. The summed E-state index contributed by atoms with van der Waals surface area (Å²) in [5, 5.41) is 10.3. The van der Waals surface area contributed by atoms with Crippen molar-refractivity contribution in [1.82, 2.24) is 24.7 Å². The number of hydrogen-bond acceptors (Lipinski definition) is 5. The van der Waals surface area contributed by atoms with Gasteiger partial charge in [0.15, 0.2) is 5.69 Å². The number of fused-ring (bicyclic) bond motifs is 1. The van der Waals surface area contributed by atoms with E-state index < -0.39 is 15.8 Å². The van der Waals surface area contributed by atoms with E-state index in [2.05, 4.69) is 15.5 Å². The van der Waals surface area contributed by atoms with Gasteiger partial charge in [-0.1, -0.05) is 0 Å². The lowest BCUT2D eigenvalue weighted by molar-refractivity contribution is 0.0690. The number of amides is 1. The molecule has 10 heteroatoms. The normalized spacial score (nSPS) is 18.3. The van der Waals surface area contributed by atoms with Crippen molar-refractivity contribution >= 4 is 15.9 Å². The fraction of sp³-hybridized carbons (Fsp3) is 0.412. The smallest absolute Gasteiger partial charge is 0.274 e. The van der Waals surface area contributed by atoms with Gasteiger partial charge in [0.2, 0.25) is 10.0 Å².